The normalized spacial score (nSPS) is 14.3. The second-order valence-corrected chi connectivity index (χ2v) is 11.2. The van der Waals surface area contributed by atoms with Crippen molar-refractivity contribution in [3.63, 3.8) is 0 Å². The first-order valence-corrected chi connectivity index (χ1v) is 12.6. The van der Waals surface area contributed by atoms with Gasteiger partial charge in [0.1, 0.15) is 0 Å². The van der Waals surface area contributed by atoms with Crippen LogP contribution in [-0.2, 0) is 19.9 Å². The van der Waals surface area contributed by atoms with E-state index in [1.54, 1.807) is 43.3 Å². The summed E-state index contributed by atoms with van der Waals surface area (Å²) in [6, 6.07) is 17.8. The third kappa shape index (κ3) is 5.39. The molecule has 3 rings (SSSR count). The highest BCUT2D eigenvalue weighted by molar-refractivity contribution is 8.02. The van der Waals surface area contributed by atoms with Crippen LogP contribution in [0.5, 0.6) is 0 Å². The van der Waals surface area contributed by atoms with Gasteiger partial charge in [0.15, 0.2) is 9.92 Å². The van der Waals surface area contributed by atoms with Crippen LogP contribution in [0.2, 0.25) is 0 Å². The summed E-state index contributed by atoms with van der Waals surface area (Å²) >= 11 is 0. The summed E-state index contributed by atoms with van der Waals surface area (Å²) in [5, 5.41) is 10.9. The molecule has 32 heavy (non-hydrogen) atoms. The number of aryl methyl sites for hydroxylation is 2. The second-order valence-electron chi connectivity index (χ2n) is 7.39. The topological polar surface area (TPSA) is 119 Å². The second kappa shape index (κ2) is 9.19. The predicted molar refractivity (Wildman–Crippen MR) is 123 cm³/mol. The van der Waals surface area contributed by atoms with Gasteiger partial charge in [-0.3, -0.25) is 10.1 Å². The fourth-order valence-corrected chi connectivity index (χ4v) is 6.64. The molecule has 0 spiro atoms. The van der Waals surface area contributed by atoms with E-state index in [2.05, 4.69) is 8.49 Å². The molecule has 0 aliphatic carbocycles. The van der Waals surface area contributed by atoms with Gasteiger partial charge in [-0.1, -0.05) is 51.3 Å². The highest BCUT2D eigenvalue weighted by Gasteiger charge is 2.23. The largest absolute Gasteiger partial charge is 0.291 e. The minimum atomic E-state index is -4.24. The first kappa shape index (κ1) is 23.6. The molecule has 0 fully saturated rings. The van der Waals surface area contributed by atoms with Gasteiger partial charge in [-0.15, -0.1) is 0 Å². The Balaban J connectivity index is 2.08. The molecule has 0 radical (unpaired) electrons. The number of sulfonamides is 1. The molecule has 3 aromatic rings. The van der Waals surface area contributed by atoms with E-state index in [1.807, 2.05) is 13.8 Å². The van der Waals surface area contributed by atoms with Crippen LogP contribution >= 0.6 is 0 Å². The summed E-state index contributed by atoms with van der Waals surface area (Å²) in [6.45, 7) is 5.37. The molecule has 0 saturated carbocycles. The van der Waals surface area contributed by atoms with Crippen molar-refractivity contribution in [2.24, 2.45) is 3.77 Å². The van der Waals surface area contributed by atoms with Gasteiger partial charge >= 0.3 is 0 Å². The van der Waals surface area contributed by atoms with Crippen molar-refractivity contribution in [2.45, 2.75) is 36.6 Å². The molecule has 1 N–H and O–H groups in total. The Morgan fingerprint density at radius 1 is 0.812 bits per heavy atom. The van der Waals surface area contributed by atoms with E-state index < -0.39 is 30.9 Å². The molecular weight excluding hydrogens is 450 g/mol. The van der Waals surface area contributed by atoms with Gasteiger partial charge in [-0.25, -0.2) is 8.93 Å². The summed E-state index contributed by atoms with van der Waals surface area (Å²) in [4.78, 5) is 10.5. The van der Waals surface area contributed by atoms with E-state index in [-0.39, 0.29) is 15.5 Å². The lowest BCUT2D eigenvalue weighted by Gasteiger charge is -2.18. The van der Waals surface area contributed by atoms with Crippen molar-refractivity contribution in [2.75, 3.05) is 0 Å². The lowest BCUT2D eigenvalue weighted by molar-refractivity contribution is -0.384. The Labute approximate surface area is 187 Å². The van der Waals surface area contributed by atoms with Crippen LogP contribution in [0.4, 0.5) is 5.69 Å². The van der Waals surface area contributed by atoms with Gasteiger partial charge in [-0.05, 0) is 50.6 Å². The quantitative estimate of drug-likeness (QED) is 0.394. The molecular formula is C22H23N3O5S2. The maximum absolute atomic E-state index is 13.9. The number of nitro benzene ring substituents is 1. The van der Waals surface area contributed by atoms with Crippen LogP contribution in [0.15, 0.2) is 86.4 Å². The standard InChI is InChI=1S/C22H23N3O5S2/c1-16-4-12-21(13-5-16)31(28,24-32(29,30)22-14-6-17(2)7-15-22)23-18(3)19-8-10-20(11-9-19)25(26)27/h4-15,18H,1-3H3,(H,23,24,28)/t18-,31?/m1/s1. The third-order valence-electron chi connectivity index (χ3n) is 4.80. The molecule has 0 heterocycles. The summed E-state index contributed by atoms with van der Waals surface area (Å²) in [6.07, 6.45) is 0. The lowest BCUT2D eigenvalue weighted by atomic mass is 10.1. The van der Waals surface area contributed by atoms with Crippen LogP contribution in [0.1, 0.15) is 29.7 Å². The first-order valence-electron chi connectivity index (χ1n) is 9.69. The third-order valence-corrected chi connectivity index (χ3v) is 8.88. The number of nitro groups is 1. The van der Waals surface area contributed by atoms with Gasteiger partial charge in [0.2, 0.25) is 0 Å². The summed E-state index contributed by atoms with van der Waals surface area (Å²) in [5.41, 5.74) is 2.32. The lowest BCUT2D eigenvalue weighted by Crippen LogP contribution is -2.28. The van der Waals surface area contributed by atoms with E-state index in [9.17, 15) is 22.7 Å². The van der Waals surface area contributed by atoms with E-state index >= 15 is 0 Å². The van der Waals surface area contributed by atoms with E-state index in [0.29, 0.717) is 5.56 Å². The van der Waals surface area contributed by atoms with Crippen LogP contribution in [-0.4, -0.2) is 17.6 Å². The molecule has 0 saturated heterocycles. The van der Waals surface area contributed by atoms with Crippen molar-refractivity contribution in [3.8, 4) is 0 Å². The van der Waals surface area contributed by atoms with Crippen molar-refractivity contribution in [3.05, 3.63) is 99.6 Å². The number of rotatable bonds is 7. The van der Waals surface area contributed by atoms with Crippen molar-refractivity contribution in [1.82, 2.24) is 4.72 Å². The summed E-state index contributed by atoms with van der Waals surface area (Å²) in [5.74, 6) is 0. The van der Waals surface area contributed by atoms with Gasteiger partial charge < -0.3 is 0 Å². The van der Waals surface area contributed by atoms with Crippen LogP contribution in [0.25, 0.3) is 0 Å². The number of hydrogen-bond acceptors (Lipinski definition) is 5. The Morgan fingerprint density at radius 2 is 1.28 bits per heavy atom. The highest BCUT2D eigenvalue weighted by atomic mass is 32.3. The van der Waals surface area contributed by atoms with Crippen molar-refractivity contribution < 1.29 is 17.6 Å². The molecule has 0 amide bonds. The van der Waals surface area contributed by atoms with Crippen LogP contribution in [0.3, 0.4) is 0 Å². The minimum Gasteiger partial charge on any atom is -0.258 e. The number of non-ortho nitro benzene ring substituents is 1. The molecule has 0 aliphatic heterocycles. The maximum Gasteiger partial charge on any atom is 0.291 e. The monoisotopic (exact) mass is 473 g/mol. The average molecular weight is 474 g/mol. The molecule has 0 aromatic heterocycles. The Bertz CT molecular complexity index is 1340. The SMILES string of the molecule is Cc1ccc(S(=O)(=O)N=S(=O)(N[C@H](C)c2ccc([N+](=O)[O-])cc2)c2ccc(C)cc2)cc1. The smallest absolute Gasteiger partial charge is 0.258 e. The highest BCUT2D eigenvalue weighted by Crippen LogP contribution is 2.24. The van der Waals surface area contributed by atoms with E-state index in [4.69, 9.17) is 0 Å². The summed E-state index contributed by atoms with van der Waals surface area (Å²) in [7, 11) is -7.86. The number of hydrogen-bond donors (Lipinski definition) is 1. The van der Waals surface area contributed by atoms with E-state index in [0.717, 1.165) is 11.1 Å². The zero-order valence-electron chi connectivity index (χ0n) is 17.8. The number of nitrogens with zero attached hydrogens (tertiary/aromatic N) is 2. The Morgan fingerprint density at radius 3 is 1.75 bits per heavy atom. The van der Waals surface area contributed by atoms with Gasteiger partial charge in [0, 0.05) is 18.2 Å². The Kier molecular flexibility index (Phi) is 6.77. The molecule has 8 nitrogen and oxygen atoms in total. The van der Waals surface area contributed by atoms with Gasteiger partial charge in [0.05, 0.1) is 14.7 Å². The molecule has 2 atom stereocenters. The van der Waals surface area contributed by atoms with Gasteiger partial charge in [-0.2, -0.15) is 8.42 Å². The summed E-state index contributed by atoms with van der Waals surface area (Å²) < 4.78 is 46.6. The van der Waals surface area contributed by atoms with Crippen molar-refractivity contribution >= 4 is 25.6 Å². The number of nitrogens with one attached hydrogen (secondary N) is 1. The average Bonchev–Trinajstić information content (AvgIpc) is 2.74. The minimum absolute atomic E-state index is 0.0623. The zero-order chi connectivity index (χ0) is 23.5. The molecule has 3 aromatic carbocycles. The number of benzene rings is 3. The van der Waals surface area contributed by atoms with Crippen molar-refractivity contribution in [1.29, 1.82) is 0 Å². The zero-order valence-corrected chi connectivity index (χ0v) is 19.4. The maximum atomic E-state index is 13.9. The molecule has 168 valence electrons. The van der Waals surface area contributed by atoms with Crippen LogP contribution in [0, 0.1) is 24.0 Å². The van der Waals surface area contributed by atoms with Crippen LogP contribution < -0.4 is 4.72 Å². The first-order chi connectivity index (χ1) is 15.0. The molecule has 0 bridgehead atoms. The van der Waals surface area contributed by atoms with E-state index in [1.165, 1.54) is 36.4 Å². The molecule has 10 heteroatoms. The Hall–Kier alpha value is -3.08. The molecule has 1 unspecified atom stereocenters. The predicted octanol–water partition coefficient (Wildman–Crippen LogP) is 4.69. The fourth-order valence-electron chi connectivity index (χ4n) is 2.94. The molecule has 0 aliphatic rings. The fraction of sp³-hybridized carbons (Fsp3) is 0.182. The van der Waals surface area contributed by atoms with Gasteiger partial charge in [0.25, 0.3) is 15.7 Å².